The van der Waals surface area contributed by atoms with Crippen molar-refractivity contribution in [2.24, 2.45) is 0 Å². The molecule has 0 aromatic rings. The third-order valence-corrected chi connectivity index (χ3v) is 1.60. The average molecular weight is 458 g/mol. The Labute approximate surface area is 170 Å². The van der Waals surface area contributed by atoms with Gasteiger partial charge < -0.3 is 77.9 Å². The van der Waals surface area contributed by atoms with E-state index in [1.165, 1.54) is 0 Å². The SMILES string of the molecule is O=C([O-])CCC(=O)[O-].O=C([O-])CCC(=O)[O-].O=C([O-])CCC(=O)[O-].[Fe+3].[NH4+].[NH4+].[NH4+]. The number of rotatable bonds is 9. The Balaban J connectivity index is -0.0000000441. The molecule has 0 unspecified atom stereocenters. The molecule has 15 nitrogen and oxygen atoms in total. The van der Waals surface area contributed by atoms with Crippen molar-refractivity contribution in [1.82, 2.24) is 18.5 Å². The molecule has 0 atom stereocenters. The van der Waals surface area contributed by atoms with Gasteiger partial charge in [-0.05, 0) is 38.5 Å². The first kappa shape index (κ1) is 44.6. The first-order valence-electron chi connectivity index (χ1n) is 6.07. The van der Waals surface area contributed by atoms with E-state index >= 15 is 0 Å². The molecule has 1 radical (unpaired) electrons. The van der Waals surface area contributed by atoms with E-state index in [9.17, 15) is 59.4 Å². The van der Waals surface area contributed by atoms with Crippen molar-refractivity contribution < 1.29 is 76.5 Å². The summed E-state index contributed by atoms with van der Waals surface area (Å²) < 4.78 is 0. The van der Waals surface area contributed by atoms with Crippen molar-refractivity contribution in [3.05, 3.63) is 0 Å². The summed E-state index contributed by atoms with van der Waals surface area (Å²) in [6.45, 7) is 0. The standard InChI is InChI=1S/3C4H6O4.Fe.3H3N/c3*5-3(6)1-2-4(7)8;;;;/h3*1-2H2,(H,5,6)(H,7,8);;3*1H3/q;;;+3;;;/p-3. The van der Waals surface area contributed by atoms with E-state index in [1.54, 1.807) is 0 Å². The molecule has 0 bridgehead atoms. The van der Waals surface area contributed by atoms with E-state index in [1.807, 2.05) is 0 Å². The van der Waals surface area contributed by atoms with Crippen LogP contribution in [0.3, 0.4) is 0 Å². The van der Waals surface area contributed by atoms with Crippen LogP contribution in [0.25, 0.3) is 0 Å². The third-order valence-electron chi connectivity index (χ3n) is 1.60. The topological polar surface area (TPSA) is 350 Å². The predicted molar refractivity (Wildman–Crippen MR) is 75.7 cm³/mol. The van der Waals surface area contributed by atoms with Crippen LogP contribution in [0.15, 0.2) is 0 Å². The van der Waals surface area contributed by atoms with Crippen molar-refractivity contribution in [3.63, 3.8) is 0 Å². The van der Waals surface area contributed by atoms with Crippen molar-refractivity contribution in [1.29, 1.82) is 0 Å². The van der Waals surface area contributed by atoms with Crippen LogP contribution in [0.4, 0.5) is 0 Å². The van der Waals surface area contributed by atoms with Gasteiger partial charge in [0.1, 0.15) is 0 Å². The summed E-state index contributed by atoms with van der Waals surface area (Å²) in [5, 5.41) is 57.0. The molecule has 0 aliphatic heterocycles. The Morgan fingerprint density at radius 3 is 0.464 bits per heavy atom. The number of carboxylic acids is 6. The smallest absolute Gasteiger partial charge is 0.550 e. The van der Waals surface area contributed by atoms with Crippen molar-refractivity contribution in [2.75, 3.05) is 0 Å². The zero-order valence-corrected chi connectivity index (χ0v) is 16.6. The Morgan fingerprint density at radius 1 is 0.357 bits per heavy atom. The maximum absolute atomic E-state index is 9.50. The Morgan fingerprint density at radius 2 is 0.429 bits per heavy atom. The number of hydrogen-bond acceptors (Lipinski definition) is 12. The molecule has 0 saturated carbocycles. The fourth-order valence-corrected chi connectivity index (χ4v) is 0.612. The van der Waals surface area contributed by atoms with E-state index in [2.05, 4.69) is 0 Å². The third kappa shape index (κ3) is 76.8. The molecule has 0 aliphatic carbocycles. The quantitative estimate of drug-likeness (QED) is 0.271. The molecule has 0 aromatic carbocycles. The van der Waals surface area contributed by atoms with Crippen molar-refractivity contribution in [2.45, 2.75) is 38.5 Å². The van der Waals surface area contributed by atoms with Gasteiger partial charge in [-0.15, -0.1) is 0 Å². The van der Waals surface area contributed by atoms with Crippen LogP contribution in [-0.2, 0) is 45.8 Å². The molecular formula is C12H24FeN3O12. The summed E-state index contributed by atoms with van der Waals surface area (Å²) in [4.78, 5) is 57.0. The molecule has 0 spiro atoms. The monoisotopic (exact) mass is 458 g/mol. The van der Waals surface area contributed by atoms with E-state index in [0.29, 0.717) is 0 Å². The molecule has 16 heteroatoms. The van der Waals surface area contributed by atoms with Gasteiger partial charge in [0.2, 0.25) is 0 Å². The van der Waals surface area contributed by atoms with Gasteiger partial charge in [0.15, 0.2) is 0 Å². The molecule has 28 heavy (non-hydrogen) atoms. The molecule has 0 fully saturated rings. The predicted octanol–water partition coefficient (Wildman–Crippen LogP) is -7.07. The summed E-state index contributed by atoms with van der Waals surface area (Å²) >= 11 is 0. The summed E-state index contributed by atoms with van der Waals surface area (Å²) in [5.74, 6) is -8.20. The minimum Gasteiger partial charge on any atom is -0.550 e. The number of quaternary nitrogens is 3. The number of aliphatic carboxylic acids is 6. The second kappa shape index (κ2) is 29.0. The van der Waals surface area contributed by atoms with Gasteiger partial charge >= 0.3 is 17.1 Å². The molecule has 167 valence electrons. The number of carbonyl (C=O) groups is 6. The maximum Gasteiger partial charge on any atom is 3.00 e. The van der Waals surface area contributed by atoms with Gasteiger partial charge in [-0.25, -0.2) is 0 Å². The number of carboxylic acid groups (broad SMARTS) is 6. The maximum atomic E-state index is 9.50. The first-order valence-corrected chi connectivity index (χ1v) is 6.07. The fraction of sp³-hybridized carbons (Fsp3) is 0.500. The van der Waals surface area contributed by atoms with Gasteiger partial charge in [-0.3, -0.25) is 0 Å². The van der Waals surface area contributed by atoms with Gasteiger partial charge in [0, 0.05) is 35.8 Å². The van der Waals surface area contributed by atoms with Crippen LogP contribution in [0.2, 0.25) is 0 Å². The van der Waals surface area contributed by atoms with Crippen LogP contribution in [0.1, 0.15) is 38.5 Å². The Kier molecular flexibility index (Phi) is 46.2. The summed E-state index contributed by atoms with van der Waals surface area (Å²) in [6, 6.07) is 0. The van der Waals surface area contributed by atoms with Gasteiger partial charge in [-0.1, -0.05) is 0 Å². The molecular weight excluding hydrogens is 434 g/mol. The van der Waals surface area contributed by atoms with Gasteiger partial charge in [0.25, 0.3) is 0 Å². The molecule has 0 aliphatic rings. The van der Waals surface area contributed by atoms with Gasteiger partial charge in [0.05, 0.1) is 0 Å². The fourth-order valence-electron chi connectivity index (χ4n) is 0.612. The van der Waals surface area contributed by atoms with E-state index in [-0.39, 0.29) is 35.5 Å². The molecule has 0 rings (SSSR count). The zero-order chi connectivity index (χ0) is 19.7. The van der Waals surface area contributed by atoms with Crippen molar-refractivity contribution in [3.8, 4) is 0 Å². The van der Waals surface area contributed by atoms with Crippen LogP contribution in [0, 0.1) is 0 Å². The van der Waals surface area contributed by atoms with Crippen molar-refractivity contribution >= 4 is 35.8 Å². The summed E-state index contributed by atoms with van der Waals surface area (Å²) in [7, 11) is 0. The van der Waals surface area contributed by atoms with E-state index in [4.69, 9.17) is 0 Å². The molecule has 0 heterocycles. The Hall–Kier alpha value is -2.78. The molecule has 0 aromatic heterocycles. The van der Waals surface area contributed by atoms with Crippen LogP contribution >= 0.6 is 0 Å². The van der Waals surface area contributed by atoms with Crippen LogP contribution < -0.4 is 49.1 Å². The largest absolute Gasteiger partial charge is 3.00 e. The van der Waals surface area contributed by atoms with E-state index in [0.717, 1.165) is 0 Å². The second-order valence-corrected chi connectivity index (χ2v) is 3.73. The number of hydrogen-bond donors (Lipinski definition) is 3. The van der Waals surface area contributed by atoms with Crippen LogP contribution in [-0.4, -0.2) is 35.8 Å². The molecule has 0 amide bonds. The van der Waals surface area contributed by atoms with Gasteiger partial charge in [-0.2, -0.15) is 0 Å². The minimum absolute atomic E-state index is 0. The van der Waals surface area contributed by atoms with E-state index < -0.39 is 74.3 Å². The average Bonchev–Trinajstić information content (AvgIpc) is 2.42. The zero-order valence-electron chi connectivity index (χ0n) is 15.5. The number of carbonyl (C=O) groups excluding carboxylic acids is 6. The summed E-state index contributed by atoms with van der Waals surface area (Å²) in [5.41, 5.74) is 0. The second-order valence-electron chi connectivity index (χ2n) is 3.73. The molecule has 12 N–H and O–H groups in total. The Bertz CT molecular complexity index is 364. The van der Waals surface area contributed by atoms with Crippen LogP contribution in [0.5, 0.6) is 0 Å². The summed E-state index contributed by atoms with van der Waals surface area (Å²) in [6.07, 6.45) is -2.82. The normalized spacial score (nSPS) is 7.29. The minimum atomic E-state index is -1.37. The first-order chi connectivity index (χ1) is 10.9. The molecule has 0 saturated heterocycles.